The molecule has 1 heterocycles. The van der Waals surface area contributed by atoms with Crippen LogP contribution in [-0.2, 0) is 13.0 Å². The lowest BCUT2D eigenvalue weighted by atomic mass is 10.1. The number of carbonyl (C=O) groups is 1. The van der Waals surface area contributed by atoms with E-state index in [0.29, 0.717) is 17.8 Å². The molecule has 0 saturated heterocycles. The van der Waals surface area contributed by atoms with Crippen molar-refractivity contribution in [3.8, 4) is 0 Å². The van der Waals surface area contributed by atoms with Crippen LogP contribution < -0.4 is 5.32 Å². The van der Waals surface area contributed by atoms with Crippen molar-refractivity contribution in [1.29, 1.82) is 0 Å². The first-order valence-electron chi connectivity index (χ1n) is 6.63. The zero-order valence-corrected chi connectivity index (χ0v) is 11.7. The average molecular weight is 270 g/mol. The second-order valence-corrected chi connectivity index (χ2v) is 4.62. The van der Waals surface area contributed by atoms with E-state index < -0.39 is 5.97 Å². The zero-order valence-electron chi connectivity index (χ0n) is 11.7. The van der Waals surface area contributed by atoms with Crippen molar-refractivity contribution in [2.45, 2.75) is 26.8 Å². The summed E-state index contributed by atoms with van der Waals surface area (Å²) in [4.78, 5) is 15.6. The van der Waals surface area contributed by atoms with E-state index in [4.69, 9.17) is 0 Å². The van der Waals surface area contributed by atoms with Crippen molar-refractivity contribution in [3.63, 3.8) is 0 Å². The summed E-state index contributed by atoms with van der Waals surface area (Å²) in [7, 11) is 0. The third kappa shape index (κ3) is 2.96. The van der Waals surface area contributed by atoms with Gasteiger partial charge in [0.25, 0.3) is 0 Å². The molecule has 0 amide bonds. The van der Waals surface area contributed by atoms with Crippen molar-refractivity contribution in [1.82, 2.24) is 4.98 Å². The number of anilines is 1. The maximum Gasteiger partial charge on any atom is 0.337 e. The number of benzene rings is 1. The monoisotopic (exact) mass is 270 g/mol. The fourth-order valence-corrected chi connectivity index (χ4v) is 2.21. The van der Waals surface area contributed by atoms with E-state index in [-0.39, 0.29) is 0 Å². The molecule has 0 aliphatic heterocycles. The average Bonchev–Trinajstić information content (AvgIpc) is 2.46. The van der Waals surface area contributed by atoms with Crippen LogP contribution in [0.25, 0.3) is 0 Å². The van der Waals surface area contributed by atoms with Gasteiger partial charge in [0, 0.05) is 6.20 Å². The number of rotatable bonds is 5. The molecule has 4 heteroatoms. The Kier molecular flexibility index (Phi) is 4.35. The molecule has 0 saturated carbocycles. The van der Waals surface area contributed by atoms with Crippen LogP contribution in [0.2, 0.25) is 0 Å². The summed E-state index contributed by atoms with van der Waals surface area (Å²) in [5, 5.41) is 12.4. The highest BCUT2D eigenvalue weighted by atomic mass is 16.4. The molecule has 0 unspecified atom stereocenters. The van der Waals surface area contributed by atoms with Gasteiger partial charge in [0.15, 0.2) is 0 Å². The Morgan fingerprint density at radius 2 is 2.10 bits per heavy atom. The van der Waals surface area contributed by atoms with Crippen LogP contribution in [0.15, 0.2) is 36.5 Å². The minimum atomic E-state index is -0.923. The Balaban J connectivity index is 2.25. The molecular formula is C16H18N2O2. The lowest BCUT2D eigenvalue weighted by Crippen LogP contribution is -2.10. The number of aromatic nitrogens is 1. The Morgan fingerprint density at radius 3 is 2.80 bits per heavy atom. The first-order chi connectivity index (χ1) is 9.63. The van der Waals surface area contributed by atoms with E-state index in [9.17, 15) is 9.90 Å². The maximum atomic E-state index is 11.3. The van der Waals surface area contributed by atoms with E-state index in [1.54, 1.807) is 18.3 Å². The number of carboxylic acids is 1. The molecule has 0 aliphatic rings. The SMILES string of the molecule is CCc1cccnc1CNc1c(C)cccc1C(=O)O. The number of hydrogen-bond acceptors (Lipinski definition) is 3. The van der Waals surface area contributed by atoms with E-state index >= 15 is 0 Å². The maximum absolute atomic E-state index is 11.3. The minimum Gasteiger partial charge on any atom is -0.478 e. The summed E-state index contributed by atoms with van der Waals surface area (Å²) in [6.45, 7) is 4.50. The fraction of sp³-hybridized carbons (Fsp3) is 0.250. The van der Waals surface area contributed by atoms with Gasteiger partial charge < -0.3 is 10.4 Å². The summed E-state index contributed by atoms with van der Waals surface area (Å²) >= 11 is 0. The van der Waals surface area contributed by atoms with Crippen LogP contribution in [0.3, 0.4) is 0 Å². The summed E-state index contributed by atoms with van der Waals surface area (Å²) in [5.74, 6) is -0.923. The van der Waals surface area contributed by atoms with E-state index in [1.165, 1.54) is 5.56 Å². The van der Waals surface area contributed by atoms with Gasteiger partial charge in [-0.25, -0.2) is 4.79 Å². The van der Waals surface area contributed by atoms with E-state index in [0.717, 1.165) is 17.7 Å². The van der Waals surface area contributed by atoms with Gasteiger partial charge >= 0.3 is 5.97 Å². The van der Waals surface area contributed by atoms with Gasteiger partial charge in [-0.2, -0.15) is 0 Å². The molecule has 0 bridgehead atoms. The van der Waals surface area contributed by atoms with Crippen LogP contribution in [-0.4, -0.2) is 16.1 Å². The second kappa shape index (κ2) is 6.19. The highest BCUT2D eigenvalue weighted by Crippen LogP contribution is 2.21. The van der Waals surface area contributed by atoms with Crippen molar-refractivity contribution < 1.29 is 9.90 Å². The summed E-state index contributed by atoms with van der Waals surface area (Å²) in [5.41, 5.74) is 3.99. The van der Waals surface area contributed by atoms with Gasteiger partial charge in [-0.3, -0.25) is 4.98 Å². The Morgan fingerprint density at radius 1 is 1.30 bits per heavy atom. The summed E-state index contributed by atoms with van der Waals surface area (Å²) in [6.07, 6.45) is 2.66. The number of pyridine rings is 1. The normalized spacial score (nSPS) is 10.3. The molecule has 20 heavy (non-hydrogen) atoms. The fourth-order valence-electron chi connectivity index (χ4n) is 2.21. The van der Waals surface area contributed by atoms with Gasteiger partial charge in [-0.15, -0.1) is 0 Å². The van der Waals surface area contributed by atoms with E-state index in [1.807, 2.05) is 25.1 Å². The molecule has 104 valence electrons. The van der Waals surface area contributed by atoms with Crippen LogP contribution in [0.1, 0.15) is 34.1 Å². The molecule has 2 N–H and O–H groups in total. The second-order valence-electron chi connectivity index (χ2n) is 4.62. The number of carboxylic acid groups (broad SMARTS) is 1. The van der Waals surface area contributed by atoms with E-state index in [2.05, 4.69) is 17.2 Å². The number of nitrogens with one attached hydrogen (secondary N) is 1. The zero-order chi connectivity index (χ0) is 14.5. The minimum absolute atomic E-state index is 0.291. The van der Waals surface area contributed by atoms with Crippen molar-refractivity contribution in [3.05, 3.63) is 58.9 Å². The lowest BCUT2D eigenvalue weighted by molar-refractivity contribution is 0.0698. The molecule has 2 aromatic rings. The van der Waals surface area contributed by atoms with Gasteiger partial charge in [-0.1, -0.05) is 25.1 Å². The third-order valence-corrected chi connectivity index (χ3v) is 3.30. The number of hydrogen-bond donors (Lipinski definition) is 2. The largest absolute Gasteiger partial charge is 0.478 e. The highest BCUT2D eigenvalue weighted by Gasteiger charge is 2.12. The summed E-state index contributed by atoms with van der Waals surface area (Å²) in [6, 6.07) is 9.21. The molecule has 1 aromatic heterocycles. The molecule has 4 nitrogen and oxygen atoms in total. The number of nitrogens with zero attached hydrogens (tertiary/aromatic N) is 1. The molecule has 0 spiro atoms. The van der Waals surface area contributed by atoms with Gasteiger partial charge in [0.2, 0.25) is 0 Å². The third-order valence-electron chi connectivity index (χ3n) is 3.30. The van der Waals surface area contributed by atoms with Gasteiger partial charge in [-0.05, 0) is 36.6 Å². The number of para-hydroxylation sites is 1. The Bertz CT molecular complexity index is 624. The van der Waals surface area contributed by atoms with Crippen LogP contribution in [0, 0.1) is 6.92 Å². The standard InChI is InChI=1S/C16H18N2O2/c1-3-12-7-5-9-17-14(12)10-18-15-11(2)6-4-8-13(15)16(19)20/h4-9,18H,3,10H2,1-2H3,(H,19,20). The number of aryl methyl sites for hydroxylation is 2. The predicted octanol–water partition coefficient (Wildman–Crippen LogP) is 3.26. The topological polar surface area (TPSA) is 62.2 Å². The van der Waals surface area contributed by atoms with Gasteiger partial charge in [0.1, 0.15) is 0 Å². The van der Waals surface area contributed by atoms with Crippen LogP contribution in [0.4, 0.5) is 5.69 Å². The van der Waals surface area contributed by atoms with Crippen molar-refractivity contribution >= 4 is 11.7 Å². The quantitative estimate of drug-likeness (QED) is 0.875. The molecule has 0 fully saturated rings. The van der Waals surface area contributed by atoms with Crippen molar-refractivity contribution in [2.75, 3.05) is 5.32 Å². The van der Waals surface area contributed by atoms with Crippen LogP contribution >= 0.6 is 0 Å². The molecule has 0 atom stereocenters. The first-order valence-corrected chi connectivity index (χ1v) is 6.63. The Hall–Kier alpha value is -2.36. The number of aromatic carboxylic acids is 1. The molecule has 0 aliphatic carbocycles. The lowest BCUT2D eigenvalue weighted by Gasteiger charge is -2.13. The van der Waals surface area contributed by atoms with Gasteiger partial charge in [0.05, 0.1) is 23.5 Å². The Labute approximate surface area is 118 Å². The first kappa shape index (κ1) is 14.1. The highest BCUT2D eigenvalue weighted by molar-refractivity contribution is 5.95. The predicted molar refractivity (Wildman–Crippen MR) is 79.1 cm³/mol. The molecule has 0 radical (unpaired) electrons. The molecule has 1 aromatic carbocycles. The van der Waals surface area contributed by atoms with Crippen molar-refractivity contribution in [2.24, 2.45) is 0 Å². The van der Waals surface area contributed by atoms with Crippen LogP contribution in [0.5, 0.6) is 0 Å². The molecular weight excluding hydrogens is 252 g/mol. The summed E-state index contributed by atoms with van der Waals surface area (Å²) < 4.78 is 0. The molecule has 2 rings (SSSR count). The smallest absolute Gasteiger partial charge is 0.337 e.